The van der Waals surface area contributed by atoms with Crippen LogP contribution in [-0.2, 0) is 26.2 Å². The third kappa shape index (κ3) is 8.27. The monoisotopic (exact) mass is 689 g/mol. The van der Waals surface area contributed by atoms with Gasteiger partial charge in [0.1, 0.15) is 12.6 Å². The standard InChI is InChI=1S/C34H41Cl2N3O6S/c1-6-30(34(41)37-26-9-7-8-10-26)38(20-24-11-12-25(35)18-29(24)36)33(40)21-39(27-16-22(2)15-23(3)17-27)46(42,43)28-13-14-31(44-4)32(19-28)45-5/h11-19,26,30H,6-10,20-21H2,1-5H3,(H,37,41)/t30-/m0/s1. The fourth-order valence-corrected chi connectivity index (χ4v) is 7.73. The van der Waals surface area contributed by atoms with Crippen LogP contribution in [0.4, 0.5) is 5.69 Å². The highest BCUT2D eigenvalue weighted by molar-refractivity contribution is 7.92. The second-order valence-electron chi connectivity index (χ2n) is 11.5. The van der Waals surface area contributed by atoms with Crippen LogP contribution in [0, 0.1) is 13.8 Å². The van der Waals surface area contributed by atoms with Crippen LogP contribution in [0.25, 0.3) is 0 Å². The average molecular weight is 691 g/mol. The zero-order chi connectivity index (χ0) is 33.6. The van der Waals surface area contributed by atoms with Crippen LogP contribution < -0.4 is 19.1 Å². The number of carbonyl (C=O) groups excluding carboxylic acids is 2. The van der Waals surface area contributed by atoms with Gasteiger partial charge in [-0.15, -0.1) is 0 Å². The van der Waals surface area contributed by atoms with Crippen LogP contribution in [0.15, 0.2) is 59.5 Å². The molecule has 0 heterocycles. The molecule has 1 N–H and O–H groups in total. The lowest BCUT2D eigenvalue weighted by Crippen LogP contribution is -2.53. The Morgan fingerprint density at radius 1 is 0.935 bits per heavy atom. The van der Waals surface area contributed by atoms with Gasteiger partial charge in [0.05, 0.1) is 24.8 Å². The first-order valence-corrected chi connectivity index (χ1v) is 17.4. The Balaban J connectivity index is 1.79. The number of halogens is 2. The zero-order valence-electron chi connectivity index (χ0n) is 26.8. The Morgan fingerprint density at radius 2 is 1.59 bits per heavy atom. The van der Waals surface area contributed by atoms with E-state index in [1.807, 2.05) is 26.8 Å². The number of carbonyl (C=O) groups is 2. The predicted molar refractivity (Wildman–Crippen MR) is 181 cm³/mol. The van der Waals surface area contributed by atoms with Crippen LogP contribution in [0.5, 0.6) is 11.5 Å². The minimum Gasteiger partial charge on any atom is -0.493 e. The Bertz CT molecular complexity index is 1660. The maximum absolute atomic E-state index is 14.4. The van der Waals surface area contributed by atoms with Crippen LogP contribution in [-0.4, -0.2) is 58.0 Å². The highest BCUT2D eigenvalue weighted by atomic mass is 35.5. The summed E-state index contributed by atoms with van der Waals surface area (Å²) in [7, 11) is -1.45. The van der Waals surface area contributed by atoms with Crippen molar-refractivity contribution in [3.05, 3.63) is 81.3 Å². The van der Waals surface area contributed by atoms with Gasteiger partial charge in [-0.05, 0) is 86.2 Å². The maximum atomic E-state index is 14.4. The van der Waals surface area contributed by atoms with Gasteiger partial charge in [0.25, 0.3) is 10.0 Å². The van der Waals surface area contributed by atoms with E-state index >= 15 is 0 Å². The SMILES string of the molecule is CC[C@@H](C(=O)NC1CCCC1)N(Cc1ccc(Cl)cc1Cl)C(=O)CN(c1cc(C)cc(C)c1)S(=O)(=O)c1ccc(OC)c(OC)c1. The Morgan fingerprint density at radius 3 is 2.17 bits per heavy atom. The van der Waals surface area contributed by atoms with E-state index in [2.05, 4.69) is 5.32 Å². The zero-order valence-corrected chi connectivity index (χ0v) is 29.1. The number of nitrogens with one attached hydrogen (secondary N) is 1. The highest BCUT2D eigenvalue weighted by Crippen LogP contribution is 2.33. The largest absolute Gasteiger partial charge is 0.493 e. The van der Waals surface area contributed by atoms with Crippen LogP contribution in [0.3, 0.4) is 0 Å². The lowest BCUT2D eigenvalue weighted by molar-refractivity contribution is -0.140. The first-order chi connectivity index (χ1) is 21.9. The van der Waals surface area contributed by atoms with Crippen molar-refractivity contribution in [1.82, 2.24) is 10.2 Å². The molecule has 1 fully saturated rings. The number of methoxy groups -OCH3 is 2. The van der Waals surface area contributed by atoms with Gasteiger partial charge in [0, 0.05) is 28.7 Å². The van der Waals surface area contributed by atoms with Crippen molar-refractivity contribution in [3.63, 3.8) is 0 Å². The number of sulfonamides is 1. The van der Waals surface area contributed by atoms with Crippen molar-refractivity contribution in [2.75, 3.05) is 25.1 Å². The number of hydrogen-bond donors (Lipinski definition) is 1. The fraction of sp³-hybridized carbons (Fsp3) is 0.412. The first kappa shape index (κ1) is 35.4. The van der Waals surface area contributed by atoms with Gasteiger partial charge in [0.15, 0.2) is 11.5 Å². The van der Waals surface area contributed by atoms with Gasteiger partial charge >= 0.3 is 0 Å². The smallest absolute Gasteiger partial charge is 0.264 e. The van der Waals surface area contributed by atoms with Crippen LogP contribution in [0.2, 0.25) is 10.0 Å². The molecule has 9 nitrogen and oxygen atoms in total. The van der Waals surface area contributed by atoms with Crippen molar-refractivity contribution < 1.29 is 27.5 Å². The van der Waals surface area contributed by atoms with E-state index in [0.717, 1.165) is 41.1 Å². The number of aryl methyl sites for hydroxylation is 2. The van der Waals surface area contributed by atoms with E-state index in [9.17, 15) is 18.0 Å². The normalized spacial score (nSPS) is 14.1. The van der Waals surface area contributed by atoms with Crippen molar-refractivity contribution in [3.8, 4) is 11.5 Å². The quantitative estimate of drug-likeness (QED) is 0.214. The molecular weight excluding hydrogens is 649 g/mol. The summed E-state index contributed by atoms with van der Waals surface area (Å²) < 4.78 is 40.5. The summed E-state index contributed by atoms with van der Waals surface area (Å²) >= 11 is 12.7. The lowest BCUT2D eigenvalue weighted by Gasteiger charge is -2.34. The Hall–Kier alpha value is -3.47. The average Bonchev–Trinajstić information content (AvgIpc) is 3.52. The molecule has 2 amide bonds. The number of benzene rings is 3. The minimum absolute atomic E-state index is 0.0253. The third-order valence-electron chi connectivity index (χ3n) is 8.16. The summed E-state index contributed by atoms with van der Waals surface area (Å²) in [6.45, 7) is 4.94. The van der Waals surface area contributed by atoms with Crippen LogP contribution in [0.1, 0.15) is 55.7 Å². The minimum atomic E-state index is -4.33. The summed E-state index contributed by atoms with van der Waals surface area (Å²) in [5, 5.41) is 3.87. The number of hydrogen-bond acceptors (Lipinski definition) is 6. The molecule has 1 atom stereocenters. The molecule has 0 spiro atoms. The second kappa shape index (κ2) is 15.4. The summed E-state index contributed by atoms with van der Waals surface area (Å²) in [6.07, 6.45) is 4.13. The second-order valence-corrected chi connectivity index (χ2v) is 14.3. The van der Waals surface area contributed by atoms with E-state index in [4.69, 9.17) is 32.7 Å². The molecule has 1 aliphatic carbocycles. The molecule has 0 unspecified atom stereocenters. The van der Waals surface area contributed by atoms with Gasteiger partial charge in [0.2, 0.25) is 11.8 Å². The number of nitrogens with zero attached hydrogens (tertiary/aromatic N) is 2. The third-order valence-corrected chi connectivity index (χ3v) is 10.5. The van der Waals surface area contributed by atoms with E-state index in [1.54, 1.807) is 30.3 Å². The Labute approximate surface area is 281 Å². The van der Waals surface area contributed by atoms with Gasteiger partial charge in [-0.1, -0.05) is 55.1 Å². The Kier molecular flexibility index (Phi) is 11.9. The summed E-state index contributed by atoms with van der Waals surface area (Å²) in [5.41, 5.74) is 2.53. The molecule has 3 aromatic carbocycles. The van der Waals surface area contributed by atoms with E-state index in [0.29, 0.717) is 33.5 Å². The fourth-order valence-electron chi connectivity index (χ4n) is 5.85. The molecule has 0 radical (unpaired) electrons. The number of ether oxygens (including phenoxy) is 2. The van der Waals surface area contributed by atoms with Gasteiger partial charge in [-0.2, -0.15) is 0 Å². The van der Waals surface area contributed by atoms with Crippen molar-refractivity contribution in [2.24, 2.45) is 0 Å². The van der Waals surface area contributed by atoms with Crippen molar-refractivity contribution in [2.45, 2.75) is 76.4 Å². The number of amides is 2. The molecule has 4 rings (SSSR count). The molecule has 3 aromatic rings. The van der Waals surface area contributed by atoms with Gasteiger partial charge in [-0.3, -0.25) is 13.9 Å². The summed E-state index contributed by atoms with van der Waals surface area (Å²) in [4.78, 5) is 29.5. The van der Waals surface area contributed by atoms with Gasteiger partial charge < -0.3 is 19.7 Å². The first-order valence-electron chi connectivity index (χ1n) is 15.2. The molecule has 12 heteroatoms. The maximum Gasteiger partial charge on any atom is 0.264 e. The molecule has 1 saturated carbocycles. The van der Waals surface area contributed by atoms with Crippen molar-refractivity contribution in [1.29, 1.82) is 0 Å². The van der Waals surface area contributed by atoms with Crippen LogP contribution >= 0.6 is 23.2 Å². The molecule has 0 saturated heterocycles. The van der Waals surface area contributed by atoms with Crippen molar-refractivity contribution >= 4 is 50.7 Å². The lowest BCUT2D eigenvalue weighted by atomic mass is 10.1. The molecular formula is C34H41Cl2N3O6S. The molecule has 0 aromatic heterocycles. The molecule has 0 bridgehead atoms. The summed E-state index contributed by atoms with van der Waals surface area (Å²) in [6, 6.07) is 13.7. The highest BCUT2D eigenvalue weighted by Gasteiger charge is 2.35. The predicted octanol–water partition coefficient (Wildman–Crippen LogP) is 6.69. The topological polar surface area (TPSA) is 105 Å². The molecule has 1 aliphatic rings. The molecule has 248 valence electrons. The van der Waals surface area contributed by atoms with Gasteiger partial charge in [-0.25, -0.2) is 8.42 Å². The van der Waals surface area contributed by atoms with E-state index in [-0.39, 0.29) is 29.1 Å². The number of rotatable bonds is 13. The number of anilines is 1. The van der Waals surface area contributed by atoms with E-state index in [1.165, 1.54) is 37.3 Å². The molecule has 0 aliphatic heterocycles. The molecule has 46 heavy (non-hydrogen) atoms. The summed E-state index contributed by atoms with van der Waals surface area (Å²) in [5.74, 6) is -0.263. The van der Waals surface area contributed by atoms with E-state index < -0.39 is 28.5 Å².